The van der Waals surface area contributed by atoms with E-state index in [0.717, 1.165) is 6.07 Å². The number of nitrogens with one attached hydrogen (secondary N) is 2. The molecule has 8 nitrogen and oxygen atoms in total. The fourth-order valence-electron chi connectivity index (χ4n) is 4.00. The minimum atomic E-state index is -0.838. The summed E-state index contributed by atoms with van der Waals surface area (Å²) in [6, 6.07) is 8.96. The molecular weight excluding hydrogens is 467 g/mol. The number of amides is 2. The van der Waals surface area contributed by atoms with Gasteiger partial charge in [-0.3, -0.25) is 14.4 Å². The van der Waals surface area contributed by atoms with Gasteiger partial charge in [0.15, 0.2) is 11.6 Å². The Morgan fingerprint density at radius 2 is 1.67 bits per heavy atom. The van der Waals surface area contributed by atoms with Crippen molar-refractivity contribution in [2.75, 3.05) is 19.0 Å². The summed E-state index contributed by atoms with van der Waals surface area (Å²) in [5.41, 5.74) is 0.522. The summed E-state index contributed by atoms with van der Waals surface area (Å²) >= 11 is 0. The smallest absolute Gasteiger partial charge is 0.306 e. The van der Waals surface area contributed by atoms with E-state index < -0.39 is 23.6 Å². The van der Waals surface area contributed by atoms with Gasteiger partial charge in [0, 0.05) is 12.6 Å². The minimum Gasteiger partial charge on any atom is -0.496 e. The van der Waals surface area contributed by atoms with E-state index in [1.54, 1.807) is 24.3 Å². The van der Waals surface area contributed by atoms with E-state index in [1.165, 1.54) is 13.2 Å². The molecule has 0 spiro atoms. The van der Waals surface area contributed by atoms with Crippen molar-refractivity contribution < 1.29 is 33.4 Å². The van der Waals surface area contributed by atoms with Crippen LogP contribution in [-0.2, 0) is 4.79 Å². The third-order valence-corrected chi connectivity index (χ3v) is 6.01. The monoisotopic (exact) mass is 500 g/mol. The van der Waals surface area contributed by atoms with Gasteiger partial charge in [0.2, 0.25) is 0 Å². The van der Waals surface area contributed by atoms with E-state index in [2.05, 4.69) is 10.6 Å². The molecule has 1 fully saturated rings. The molecular formula is C27H33FN2O6. The normalized spacial score (nSPS) is 17.7. The lowest BCUT2D eigenvalue weighted by Gasteiger charge is -2.27. The molecule has 3 rings (SSSR count). The fourth-order valence-corrected chi connectivity index (χ4v) is 4.00. The van der Waals surface area contributed by atoms with Crippen molar-refractivity contribution in [3.8, 4) is 11.5 Å². The van der Waals surface area contributed by atoms with Gasteiger partial charge >= 0.3 is 5.97 Å². The molecule has 1 saturated carbocycles. The molecule has 0 saturated heterocycles. The zero-order chi connectivity index (χ0) is 26.5. The highest BCUT2D eigenvalue weighted by atomic mass is 19.1. The number of hydrogen-bond donors (Lipinski definition) is 3. The molecule has 0 atom stereocenters. The number of carboxylic acids is 1. The molecule has 1 aliphatic carbocycles. The van der Waals surface area contributed by atoms with Gasteiger partial charge in [0.25, 0.3) is 11.8 Å². The van der Waals surface area contributed by atoms with Crippen LogP contribution in [0.1, 0.15) is 67.2 Å². The maximum absolute atomic E-state index is 14.7. The first kappa shape index (κ1) is 27.0. The Labute approximate surface area is 210 Å². The van der Waals surface area contributed by atoms with Gasteiger partial charge in [0.1, 0.15) is 5.75 Å². The zero-order valence-corrected chi connectivity index (χ0v) is 21.0. The Morgan fingerprint density at radius 3 is 2.28 bits per heavy atom. The van der Waals surface area contributed by atoms with Crippen LogP contribution in [0, 0.1) is 17.2 Å². The summed E-state index contributed by atoms with van der Waals surface area (Å²) in [6.07, 6.45) is 1.48. The first-order valence-electron chi connectivity index (χ1n) is 11.9. The van der Waals surface area contributed by atoms with Crippen LogP contribution in [0.2, 0.25) is 0 Å². The number of ether oxygens (including phenoxy) is 2. The molecule has 0 radical (unpaired) electrons. The van der Waals surface area contributed by atoms with Crippen LogP contribution < -0.4 is 20.1 Å². The summed E-state index contributed by atoms with van der Waals surface area (Å²) in [7, 11) is 1.33. The largest absolute Gasteiger partial charge is 0.496 e. The summed E-state index contributed by atoms with van der Waals surface area (Å²) in [5.74, 6) is -2.97. The Balaban J connectivity index is 1.79. The molecule has 1 aliphatic rings. The van der Waals surface area contributed by atoms with Crippen molar-refractivity contribution in [1.82, 2.24) is 5.32 Å². The number of hydrogen-bond acceptors (Lipinski definition) is 5. The number of carboxylic acid groups (broad SMARTS) is 1. The number of anilines is 1. The van der Waals surface area contributed by atoms with Crippen molar-refractivity contribution >= 4 is 23.5 Å². The van der Waals surface area contributed by atoms with Crippen LogP contribution in [0.3, 0.4) is 0 Å². The second-order valence-corrected chi connectivity index (χ2v) is 10.2. The first-order chi connectivity index (χ1) is 17.0. The number of para-hydroxylation sites is 1. The van der Waals surface area contributed by atoms with E-state index in [1.807, 2.05) is 20.8 Å². The molecule has 0 aromatic heterocycles. The predicted molar refractivity (Wildman–Crippen MR) is 133 cm³/mol. The number of aliphatic carboxylic acids is 1. The number of rotatable bonds is 8. The second-order valence-electron chi connectivity index (χ2n) is 10.2. The average Bonchev–Trinajstić information content (AvgIpc) is 2.83. The quantitative estimate of drug-likeness (QED) is 0.476. The molecule has 2 aromatic rings. The Kier molecular flexibility index (Phi) is 8.55. The van der Waals surface area contributed by atoms with Crippen LogP contribution in [0.5, 0.6) is 11.5 Å². The van der Waals surface area contributed by atoms with Crippen molar-refractivity contribution in [1.29, 1.82) is 0 Å². The molecule has 9 heteroatoms. The van der Waals surface area contributed by atoms with Crippen LogP contribution in [0.4, 0.5) is 10.1 Å². The molecule has 0 unspecified atom stereocenters. The maximum Gasteiger partial charge on any atom is 0.306 e. The second kappa shape index (κ2) is 11.4. The molecule has 3 N–H and O–H groups in total. The van der Waals surface area contributed by atoms with Crippen LogP contribution in [-0.4, -0.2) is 42.6 Å². The maximum atomic E-state index is 14.7. The third kappa shape index (κ3) is 6.96. The first-order valence-corrected chi connectivity index (χ1v) is 11.9. The molecule has 194 valence electrons. The number of methoxy groups -OCH3 is 1. The lowest BCUT2D eigenvalue weighted by molar-refractivity contribution is -0.143. The lowest BCUT2D eigenvalue weighted by atomic mass is 9.87. The zero-order valence-electron chi connectivity index (χ0n) is 21.0. The van der Waals surface area contributed by atoms with E-state index >= 15 is 0 Å². The van der Waals surface area contributed by atoms with Gasteiger partial charge in [0.05, 0.1) is 35.9 Å². The highest BCUT2D eigenvalue weighted by Crippen LogP contribution is 2.33. The molecule has 0 bridgehead atoms. The van der Waals surface area contributed by atoms with Gasteiger partial charge < -0.3 is 25.2 Å². The number of halogens is 1. The molecule has 0 heterocycles. The van der Waals surface area contributed by atoms with Crippen LogP contribution in [0.15, 0.2) is 36.4 Å². The van der Waals surface area contributed by atoms with Crippen molar-refractivity contribution in [2.45, 2.75) is 52.6 Å². The highest BCUT2D eigenvalue weighted by molar-refractivity contribution is 6.10. The SMILES string of the molecule is COc1cc(F)c(OC2CCC(C(=O)O)CC2)cc1C(=O)Nc1ccccc1C(=O)NCC(C)(C)C. The van der Waals surface area contributed by atoms with E-state index in [9.17, 15) is 18.8 Å². The van der Waals surface area contributed by atoms with Gasteiger partial charge in [-0.2, -0.15) is 0 Å². The third-order valence-electron chi connectivity index (χ3n) is 6.01. The Hall–Kier alpha value is -3.62. The number of carbonyl (C=O) groups is 3. The van der Waals surface area contributed by atoms with Crippen molar-refractivity contribution in [2.24, 2.45) is 11.3 Å². The number of carbonyl (C=O) groups excluding carboxylic acids is 2. The summed E-state index contributed by atoms with van der Waals surface area (Å²) in [4.78, 5) is 37.1. The Bertz CT molecular complexity index is 1120. The summed E-state index contributed by atoms with van der Waals surface area (Å²) < 4.78 is 25.8. The predicted octanol–water partition coefficient (Wildman–Crippen LogP) is 4.88. The van der Waals surface area contributed by atoms with E-state index in [0.29, 0.717) is 43.5 Å². The van der Waals surface area contributed by atoms with Gasteiger partial charge in [-0.15, -0.1) is 0 Å². The molecule has 36 heavy (non-hydrogen) atoms. The number of benzene rings is 2. The van der Waals surface area contributed by atoms with E-state index in [-0.39, 0.29) is 34.5 Å². The highest BCUT2D eigenvalue weighted by Gasteiger charge is 2.28. The average molecular weight is 501 g/mol. The van der Waals surface area contributed by atoms with Crippen molar-refractivity contribution in [3.05, 3.63) is 53.3 Å². The van der Waals surface area contributed by atoms with Crippen molar-refractivity contribution in [3.63, 3.8) is 0 Å². The minimum absolute atomic E-state index is 0.0154. The topological polar surface area (TPSA) is 114 Å². The van der Waals surface area contributed by atoms with Gasteiger partial charge in [-0.05, 0) is 49.3 Å². The lowest BCUT2D eigenvalue weighted by Crippen LogP contribution is -2.32. The summed E-state index contributed by atoms with van der Waals surface area (Å²) in [5, 5.41) is 14.8. The summed E-state index contributed by atoms with van der Waals surface area (Å²) in [6.45, 7) is 6.45. The molecule has 2 aromatic carbocycles. The molecule has 2 amide bonds. The van der Waals surface area contributed by atoms with Crippen LogP contribution >= 0.6 is 0 Å². The Morgan fingerprint density at radius 1 is 1.00 bits per heavy atom. The molecule has 0 aliphatic heterocycles. The standard InChI is InChI=1S/C27H33FN2O6/c1-27(2,3)15-29-24(31)18-7-5-6-8-21(18)30-25(32)19-13-23(20(28)14-22(19)35-4)36-17-11-9-16(10-12-17)26(33)34/h5-8,13-14,16-17H,9-12,15H2,1-4H3,(H,29,31)(H,30,32)(H,33,34). The van der Waals surface area contributed by atoms with E-state index in [4.69, 9.17) is 14.6 Å². The van der Waals surface area contributed by atoms with Crippen LogP contribution in [0.25, 0.3) is 0 Å². The van der Waals surface area contributed by atoms with Gasteiger partial charge in [-0.25, -0.2) is 4.39 Å². The van der Waals surface area contributed by atoms with Gasteiger partial charge in [-0.1, -0.05) is 32.9 Å². The fraction of sp³-hybridized carbons (Fsp3) is 0.444.